The second-order valence-corrected chi connectivity index (χ2v) is 4.63. The molecule has 100 valence electrons. The third kappa shape index (κ3) is 3.73. The molecule has 2 aromatic rings. The van der Waals surface area contributed by atoms with Crippen LogP contribution in [-0.2, 0) is 0 Å². The summed E-state index contributed by atoms with van der Waals surface area (Å²) in [7, 11) is 3.97. The molecule has 3 nitrogen and oxygen atoms in total. The fourth-order valence-corrected chi connectivity index (χ4v) is 1.80. The Kier molecular flexibility index (Phi) is 4.42. The molecule has 2 aromatic carbocycles. The lowest BCUT2D eigenvalue weighted by molar-refractivity contribution is 0.108. The minimum Gasteiger partial charge on any atom is -0.490 e. The Morgan fingerprint density at radius 2 is 1.79 bits per heavy atom. The topological polar surface area (TPSA) is 32.7 Å². The van der Waals surface area contributed by atoms with Crippen LogP contribution in [0.25, 0.3) is 0 Å². The molecule has 1 unspecified atom stereocenters. The highest BCUT2D eigenvalue weighted by Gasteiger charge is 2.08. The molecule has 0 aliphatic rings. The molecule has 0 saturated heterocycles. The van der Waals surface area contributed by atoms with Crippen molar-refractivity contribution in [3.63, 3.8) is 0 Å². The van der Waals surface area contributed by atoms with Crippen LogP contribution < -0.4 is 9.64 Å². The Hall–Kier alpha value is -2.00. The first-order valence-corrected chi connectivity index (χ1v) is 6.30. The van der Waals surface area contributed by atoms with Gasteiger partial charge in [-0.05, 0) is 17.7 Å². The van der Waals surface area contributed by atoms with E-state index in [0.717, 1.165) is 17.0 Å². The van der Waals surface area contributed by atoms with Gasteiger partial charge in [-0.25, -0.2) is 0 Å². The number of anilines is 1. The number of aliphatic hydroxyl groups is 1. The quantitative estimate of drug-likeness (QED) is 0.894. The van der Waals surface area contributed by atoms with Crippen molar-refractivity contribution >= 4 is 5.69 Å². The van der Waals surface area contributed by atoms with E-state index in [1.165, 1.54) is 0 Å². The van der Waals surface area contributed by atoms with Crippen LogP contribution in [0.5, 0.6) is 5.75 Å². The highest BCUT2D eigenvalue weighted by atomic mass is 16.5. The fourth-order valence-electron chi connectivity index (χ4n) is 1.80. The van der Waals surface area contributed by atoms with Crippen molar-refractivity contribution in [3.05, 3.63) is 60.2 Å². The summed E-state index contributed by atoms with van der Waals surface area (Å²) in [6.45, 7) is 0.251. The third-order valence-corrected chi connectivity index (χ3v) is 2.93. The molecule has 0 heterocycles. The fraction of sp³-hybridized carbons (Fsp3) is 0.250. The van der Waals surface area contributed by atoms with E-state index in [9.17, 15) is 5.11 Å². The van der Waals surface area contributed by atoms with E-state index in [1.807, 2.05) is 73.6 Å². The maximum absolute atomic E-state index is 10.0. The van der Waals surface area contributed by atoms with Crippen LogP contribution in [0.1, 0.15) is 11.7 Å². The number of benzene rings is 2. The van der Waals surface area contributed by atoms with Gasteiger partial charge < -0.3 is 14.7 Å². The number of nitrogens with zero attached hydrogens (tertiary/aromatic N) is 1. The first-order chi connectivity index (χ1) is 9.16. The van der Waals surface area contributed by atoms with Crippen LogP contribution in [-0.4, -0.2) is 25.8 Å². The maximum atomic E-state index is 10.0. The summed E-state index contributed by atoms with van der Waals surface area (Å²) in [6.07, 6.45) is -0.607. The van der Waals surface area contributed by atoms with Gasteiger partial charge in [-0.3, -0.25) is 0 Å². The number of hydrogen-bond donors (Lipinski definition) is 1. The lowest BCUT2D eigenvalue weighted by atomic mass is 10.1. The second-order valence-electron chi connectivity index (χ2n) is 4.63. The van der Waals surface area contributed by atoms with Crippen molar-refractivity contribution < 1.29 is 9.84 Å². The Bertz CT molecular complexity index is 511. The summed E-state index contributed by atoms with van der Waals surface area (Å²) < 4.78 is 5.64. The third-order valence-electron chi connectivity index (χ3n) is 2.93. The first kappa shape index (κ1) is 13.4. The van der Waals surface area contributed by atoms with Gasteiger partial charge in [-0.15, -0.1) is 0 Å². The molecule has 2 rings (SSSR count). The predicted octanol–water partition coefficient (Wildman–Crippen LogP) is 2.87. The Morgan fingerprint density at radius 3 is 2.47 bits per heavy atom. The van der Waals surface area contributed by atoms with E-state index < -0.39 is 6.10 Å². The average Bonchev–Trinajstić information content (AvgIpc) is 2.46. The van der Waals surface area contributed by atoms with E-state index in [1.54, 1.807) is 0 Å². The van der Waals surface area contributed by atoms with Crippen molar-refractivity contribution in [1.29, 1.82) is 0 Å². The van der Waals surface area contributed by atoms with Gasteiger partial charge in [-0.1, -0.05) is 36.4 Å². The van der Waals surface area contributed by atoms with Crippen molar-refractivity contribution in [2.75, 3.05) is 25.6 Å². The summed E-state index contributed by atoms with van der Waals surface area (Å²) in [6, 6.07) is 17.3. The van der Waals surface area contributed by atoms with Gasteiger partial charge in [0.2, 0.25) is 0 Å². The molecule has 0 saturated carbocycles. The van der Waals surface area contributed by atoms with Crippen molar-refractivity contribution in [2.45, 2.75) is 6.10 Å². The van der Waals surface area contributed by atoms with Crippen LogP contribution in [0, 0.1) is 0 Å². The van der Waals surface area contributed by atoms with Crippen LogP contribution >= 0.6 is 0 Å². The molecule has 0 aliphatic heterocycles. The smallest absolute Gasteiger partial charge is 0.121 e. The van der Waals surface area contributed by atoms with E-state index >= 15 is 0 Å². The molecular formula is C16H19NO2. The van der Waals surface area contributed by atoms with E-state index in [0.29, 0.717) is 0 Å². The van der Waals surface area contributed by atoms with E-state index in [4.69, 9.17) is 4.74 Å². The summed E-state index contributed by atoms with van der Waals surface area (Å²) in [5.41, 5.74) is 1.94. The highest BCUT2D eigenvalue weighted by Crippen LogP contribution is 2.21. The normalized spacial score (nSPS) is 11.9. The lowest BCUT2D eigenvalue weighted by Gasteiger charge is -2.16. The summed E-state index contributed by atoms with van der Waals surface area (Å²) in [5.74, 6) is 0.765. The van der Waals surface area contributed by atoms with E-state index in [2.05, 4.69) is 0 Å². The summed E-state index contributed by atoms with van der Waals surface area (Å²) >= 11 is 0. The van der Waals surface area contributed by atoms with Crippen LogP contribution in [0.15, 0.2) is 54.6 Å². The molecule has 0 radical (unpaired) electrons. The number of ether oxygens (including phenoxy) is 1. The molecule has 0 fully saturated rings. The number of aliphatic hydroxyl groups excluding tert-OH is 1. The molecular weight excluding hydrogens is 238 g/mol. The monoisotopic (exact) mass is 257 g/mol. The van der Waals surface area contributed by atoms with Crippen molar-refractivity contribution in [3.8, 4) is 5.75 Å². The van der Waals surface area contributed by atoms with Crippen LogP contribution in [0.2, 0.25) is 0 Å². The van der Waals surface area contributed by atoms with E-state index in [-0.39, 0.29) is 6.61 Å². The van der Waals surface area contributed by atoms with Gasteiger partial charge in [0.1, 0.15) is 18.5 Å². The SMILES string of the molecule is CN(C)c1cccc(OCC(O)c2ccccc2)c1. The predicted molar refractivity (Wildman–Crippen MR) is 77.7 cm³/mol. The van der Waals surface area contributed by atoms with Crippen molar-refractivity contribution in [1.82, 2.24) is 0 Å². The molecule has 0 spiro atoms. The Morgan fingerprint density at radius 1 is 1.05 bits per heavy atom. The molecule has 0 amide bonds. The van der Waals surface area contributed by atoms with Gasteiger partial charge >= 0.3 is 0 Å². The minimum atomic E-state index is -0.607. The Labute approximate surface area is 114 Å². The molecule has 19 heavy (non-hydrogen) atoms. The van der Waals surface area contributed by atoms with Crippen LogP contribution in [0.3, 0.4) is 0 Å². The number of hydrogen-bond acceptors (Lipinski definition) is 3. The average molecular weight is 257 g/mol. The molecule has 0 aromatic heterocycles. The largest absolute Gasteiger partial charge is 0.490 e. The zero-order valence-corrected chi connectivity index (χ0v) is 11.3. The standard InChI is InChI=1S/C16H19NO2/c1-17(2)14-9-6-10-15(11-14)19-12-16(18)13-7-4-3-5-8-13/h3-11,16,18H,12H2,1-2H3. The number of rotatable bonds is 5. The van der Waals surface area contributed by atoms with Gasteiger partial charge in [0.05, 0.1) is 0 Å². The molecule has 0 aliphatic carbocycles. The maximum Gasteiger partial charge on any atom is 0.121 e. The van der Waals surface area contributed by atoms with Gasteiger partial charge in [-0.2, -0.15) is 0 Å². The Balaban J connectivity index is 1.97. The van der Waals surface area contributed by atoms with Gasteiger partial charge in [0, 0.05) is 25.8 Å². The minimum absolute atomic E-state index is 0.251. The molecule has 3 heteroatoms. The second kappa shape index (κ2) is 6.25. The molecule has 1 atom stereocenters. The highest BCUT2D eigenvalue weighted by molar-refractivity contribution is 5.49. The van der Waals surface area contributed by atoms with Gasteiger partial charge in [0.15, 0.2) is 0 Å². The molecule has 1 N–H and O–H groups in total. The zero-order chi connectivity index (χ0) is 13.7. The first-order valence-electron chi connectivity index (χ1n) is 6.30. The summed E-state index contributed by atoms with van der Waals surface area (Å²) in [4.78, 5) is 2.01. The van der Waals surface area contributed by atoms with Gasteiger partial charge in [0.25, 0.3) is 0 Å². The van der Waals surface area contributed by atoms with Crippen LogP contribution in [0.4, 0.5) is 5.69 Å². The lowest BCUT2D eigenvalue weighted by Crippen LogP contribution is -2.11. The summed E-state index contributed by atoms with van der Waals surface area (Å²) in [5, 5.41) is 10.0. The molecule has 0 bridgehead atoms. The van der Waals surface area contributed by atoms with Crippen molar-refractivity contribution in [2.24, 2.45) is 0 Å². The zero-order valence-electron chi connectivity index (χ0n) is 11.3.